The minimum atomic E-state index is -0.0810. The van der Waals surface area contributed by atoms with Crippen molar-refractivity contribution in [2.45, 2.75) is 0 Å². The van der Waals surface area contributed by atoms with Crippen molar-refractivity contribution in [3.05, 3.63) is 78.8 Å². The van der Waals surface area contributed by atoms with E-state index in [1.54, 1.807) is 17.0 Å². The molecule has 2 heterocycles. The number of anilines is 1. The summed E-state index contributed by atoms with van der Waals surface area (Å²) in [5.41, 5.74) is 0.893. The van der Waals surface area contributed by atoms with Crippen LogP contribution < -0.4 is 10.1 Å². The zero-order valence-electron chi connectivity index (χ0n) is 15.8. The van der Waals surface area contributed by atoms with Crippen LogP contribution in [-0.2, 0) is 0 Å². The number of rotatable bonds is 4. The first-order valence-corrected chi connectivity index (χ1v) is 9.81. The molecule has 29 heavy (non-hydrogen) atoms. The molecule has 1 aliphatic heterocycles. The van der Waals surface area contributed by atoms with Gasteiger partial charge in [0.05, 0.1) is 6.26 Å². The summed E-state index contributed by atoms with van der Waals surface area (Å²) in [6.45, 7) is 2.55. The lowest BCUT2D eigenvalue weighted by Crippen LogP contribution is -2.51. The molecule has 3 aromatic rings. The molecule has 0 spiro atoms. The Kier molecular flexibility index (Phi) is 5.76. The van der Waals surface area contributed by atoms with Gasteiger partial charge in [0.2, 0.25) is 0 Å². The largest absolute Gasteiger partial charge is 0.459 e. The Morgan fingerprint density at radius 2 is 1.52 bits per heavy atom. The predicted octanol–water partition coefficient (Wildman–Crippen LogP) is 4.23. The second-order valence-electron chi connectivity index (χ2n) is 6.63. The predicted molar refractivity (Wildman–Crippen MR) is 115 cm³/mol. The van der Waals surface area contributed by atoms with E-state index in [-0.39, 0.29) is 5.91 Å². The summed E-state index contributed by atoms with van der Waals surface area (Å²) in [5, 5.41) is 3.90. The van der Waals surface area contributed by atoms with Crippen LogP contribution in [-0.4, -0.2) is 47.0 Å². The molecule has 0 aliphatic carbocycles. The molecule has 1 amide bonds. The summed E-state index contributed by atoms with van der Waals surface area (Å²) < 4.78 is 11.0. The van der Waals surface area contributed by atoms with Crippen LogP contribution in [0.5, 0.6) is 11.5 Å². The number of amides is 1. The van der Waals surface area contributed by atoms with Gasteiger partial charge in [0, 0.05) is 31.9 Å². The monoisotopic (exact) mass is 407 g/mol. The molecular weight excluding hydrogens is 386 g/mol. The zero-order chi connectivity index (χ0) is 20.1. The first-order chi connectivity index (χ1) is 14.2. The fourth-order valence-corrected chi connectivity index (χ4v) is 3.40. The Bertz CT molecular complexity index is 951. The number of nitrogens with one attached hydrogen (secondary N) is 1. The minimum Gasteiger partial charge on any atom is -0.459 e. The van der Waals surface area contributed by atoms with E-state index in [1.807, 2.05) is 54.6 Å². The maximum atomic E-state index is 12.3. The number of carbonyl (C=O) groups is 1. The van der Waals surface area contributed by atoms with E-state index in [4.69, 9.17) is 21.4 Å². The number of hydrogen-bond donors (Lipinski definition) is 1. The number of hydrogen-bond acceptors (Lipinski definition) is 4. The third-order valence-corrected chi connectivity index (χ3v) is 5.03. The molecule has 0 bridgehead atoms. The SMILES string of the molecule is O=C(c1ccco1)N1CCN(C(=S)Nc2ccc(Oc3ccccc3)cc2)CC1. The first-order valence-electron chi connectivity index (χ1n) is 9.41. The van der Waals surface area contributed by atoms with Crippen LogP contribution in [0.15, 0.2) is 77.4 Å². The fourth-order valence-electron chi connectivity index (χ4n) is 3.10. The molecule has 6 nitrogen and oxygen atoms in total. The lowest BCUT2D eigenvalue weighted by Gasteiger charge is -2.35. The van der Waals surface area contributed by atoms with Gasteiger partial charge in [0.1, 0.15) is 11.5 Å². The molecule has 1 N–H and O–H groups in total. The van der Waals surface area contributed by atoms with Gasteiger partial charge in [-0.25, -0.2) is 0 Å². The number of furan rings is 1. The van der Waals surface area contributed by atoms with Crippen molar-refractivity contribution >= 4 is 28.9 Å². The Hall–Kier alpha value is -3.32. The van der Waals surface area contributed by atoms with Gasteiger partial charge in [-0.05, 0) is 60.7 Å². The average Bonchev–Trinajstić information content (AvgIpc) is 3.30. The van der Waals surface area contributed by atoms with E-state index in [1.165, 1.54) is 6.26 Å². The van der Waals surface area contributed by atoms with Gasteiger partial charge >= 0.3 is 0 Å². The Morgan fingerprint density at radius 3 is 2.17 bits per heavy atom. The number of nitrogens with zero attached hydrogens (tertiary/aromatic N) is 2. The molecule has 7 heteroatoms. The average molecular weight is 407 g/mol. The molecule has 0 saturated carbocycles. The van der Waals surface area contributed by atoms with Crippen LogP contribution in [0.3, 0.4) is 0 Å². The first kappa shape index (κ1) is 19.0. The highest BCUT2D eigenvalue weighted by Gasteiger charge is 2.24. The quantitative estimate of drug-likeness (QED) is 0.654. The Balaban J connectivity index is 1.28. The van der Waals surface area contributed by atoms with Crippen molar-refractivity contribution in [3.63, 3.8) is 0 Å². The number of carbonyl (C=O) groups excluding carboxylic acids is 1. The van der Waals surface area contributed by atoms with Gasteiger partial charge in [-0.1, -0.05) is 18.2 Å². The van der Waals surface area contributed by atoms with Gasteiger partial charge < -0.3 is 24.3 Å². The second kappa shape index (κ2) is 8.79. The molecule has 2 aromatic carbocycles. The molecule has 4 rings (SSSR count). The van der Waals surface area contributed by atoms with E-state index >= 15 is 0 Å². The number of para-hydroxylation sites is 1. The summed E-state index contributed by atoms with van der Waals surface area (Å²) in [4.78, 5) is 16.2. The van der Waals surface area contributed by atoms with Gasteiger partial charge in [-0.2, -0.15) is 0 Å². The number of thiocarbonyl (C=S) groups is 1. The van der Waals surface area contributed by atoms with E-state index < -0.39 is 0 Å². The molecule has 1 aromatic heterocycles. The normalized spacial score (nSPS) is 13.8. The highest BCUT2D eigenvalue weighted by molar-refractivity contribution is 7.80. The van der Waals surface area contributed by atoms with Crippen LogP contribution in [0.4, 0.5) is 5.69 Å². The van der Waals surface area contributed by atoms with Crippen LogP contribution >= 0.6 is 12.2 Å². The van der Waals surface area contributed by atoms with Crippen molar-refractivity contribution in [2.24, 2.45) is 0 Å². The Labute approximate surface area is 174 Å². The number of piperazine rings is 1. The zero-order valence-corrected chi connectivity index (χ0v) is 16.6. The topological polar surface area (TPSA) is 58.0 Å². The highest BCUT2D eigenvalue weighted by atomic mass is 32.1. The summed E-state index contributed by atoms with van der Waals surface area (Å²) in [6, 6.07) is 20.7. The molecule has 1 saturated heterocycles. The molecule has 1 aliphatic rings. The van der Waals surface area contributed by atoms with Gasteiger partial charge in [0.15, 0.2) is 10.9 Å². The lowest BCUT2D eigenvalue weighted by molar-refractivity contribution is 0.0661. The maximum Gasteiger partial charge on any atom is 0.289 e. The molecule has 1 fully saturated rings. The van der Waals surface area contributed by atoms with Gasteiger partial charge in [0.25, 0.3) is 5.91 Å². The van der Waals surface area contributed by atoms with Crippen molar-refractivity contribution in [1.82, 2.24) is 9.80 Å². The van der Waals surface area contributed by atoms with Crippen LogP contribution in [0.2, 0.25) is 0 Å². The van der Waals surface area contributed by atoms with Crippen LogP contribution in [0, 0.1) is 0 Å². The third-order valence-electron chi connectivity index (χ3n) is 4.67. The van der Waals surface area contributed by atoms with Crippen LogP contribution in [0.1, 0.15) is 10.6 Å². The van der Waals surface area contributed by atoms with E-state index in [9.17, 15) is 4.79 Å². The highest BCUT2D eigenvalue weighted by Crippen LogP contribution is 2.23. The van der Waals surface area contributed by atoms with E-state index in [0.29, 0.717) is 37.1 Å². The fraction of sp³-hybridized carbons (Fsp3) is 0.182. The maximum absolute atomic E-state index is 12.3. The van der Waals surface area contributed by atoms with E-state index in [2.05, 4.69) is 10.2 Å². The summed E-state index contributed by atoms with van der Waals surface area (Å²) in [6.07, 6.45) is 1.51. The summed E-state index contributed by atoms with van der Waals surface area (Å²) in [5.74, 6) is 1.85. The van der Waals surface area contributed by atoms with Crippen LogP contribution in [0.25, 0.3) is 0 Å². The second-order valence-corrected chi connectivity index (χ2v) is 7.01. The van der Waals surface area contributed by atoms with E-state index in [0.717, 1.165) is 17.2 Å². The van der Waals surface area contributed by atoms with Gasteiger partial charge in [-0.15, -0.1) is 0 Å². The molecule has 148 valence electrons. The standard InChI is InChI=1S/C22H21N3O3S/c26-21(20-7-4-16-27-20)24-12-14-25(15-13-24)22(29)23-17-8-10-19(11-9-17)28-18-5-2-1-3-6-18/h1-11,16H,12-15H2,(H,23,29). The molecule has 0 unspecified atom stereocenters. The minimum absolute atomic E-state index is 0.0810. The summed E-state index contributed by atoms with van der Waals surface area (Å²) in [7, 11) is 0. The summed E-state index contributed by atoms with van der Waals surface area (Å²) >= 11 is 5.54. The molecule has 0 atom stereocenters. The van der Waals surface area contributed by atoms with Crippen molar-refractivity contribution in [2.75, 3.05) is 31.5 Å². The molecular formula is C22H21N3O3S. The number of benzene rings is 2. The Morgan fingerprint density at radius 1 is 0.862 bits per heavy atom. The molecule has 0 radical (unpaired) electrons. The third kappa shape index (κ3) is 4.75. The lowest BCUT2D eigenvalue weighted by atomic mass is 10.3. The van der Waals surface area contributed by atoms with Gasteiger partial charge in [-0.3, -0.25) is 4.79 Å². The number of ether oxygens (including phenoxy) is 1. The smallest absolute Gasteiger partial charge is 0.289 e. The van der Waals surface area contributed by atoms with Crippen molar-refractivity contribution < 1.29 is 13.9 Å². The van der Waals surface area contributed by atoms with Crippen molar-refractivity contribution in [3.8, 4) is 11.5 Å². The van der Waals surface area contributed by atoms with Crippen molar-refractivity contribution in [1.29, 1.82) is 0 Å².